The summed E-state index contributed by atoms with van der Waals surface area (Å²) in [5, 5.41) is 9.77. The molecule has 0 fully saturated rings. The summed E-state index contributed by atoms with van der Waals surface area (Å²) in [6.45, 7) is 8.77. The number of hydrogen-bond acceptors (Lipinski definition) is 2. The number of aliphatic imine (C=N–C) groups is 1. The molecule has 1 N–H and O–H groups in total. The van der Waals surface area contributed by atoms with Crippen LogP contribution in [0.15, 0.2) is 23.7 Å². The minimum absolute atomic E-state index is 0.184. The van der Waals surface area contributed by atoms with E-state index < -0.39 is 0 Å². The molecule has 0 aliphatic rings. The molecule has 0 amide bonds. The van der Waals surface area contributed by atoms with Crippen LogP contribution in [-0.2, 0) is 0 Å². The fourth-order valence-corrected chi connectivity index (χ4v) is 1.18. The van der Waals surface area contributed by atoms with Gasteiger partial charge in [0, 0.05) is 16.7 Å². The van der Waals surface area contributed by atoms with Crippen LogP contribution in [0.2, 0.25) is 0 Å². The van der Waals surface area contributed by atoms with E-state index in [9.17, 15) is 5.11 Å². The quantitative estimate of drug-likeness (QED) is 0.722. The van der Waals surface area contributed by atoms with E-state index in [1.165, 1.54) is 6.07 Å². The second kappa shape index (κ2) is 3.62. The third-order valence-electron chi connectivity index (χ3n) is 1.78. The molecule has 0 bridgehead atoms. The average molecular weight is 196 g/mol. The van der Waals surface area contributed by atoms with E-state index in [1.54, 1.807) is 13.0 Å². The van der Waals surface area contributed by atoms with E-state index in [1.807, 2.05) is 0 Å². The predicted molar refractivity (Wildman–Crippen MR) is 56.9 cm³/mol. The monoisotopic (exact) mass is 195 g/mol. The first kappa shape index (κ1) is 9.81. The van der Waals surface area contributed by atoms with Gasteiger partial charge in [-0.05, 0) is 25.3 Å². The smallest absolute Gasteiger partial charge is 0.120 e. The molecular weight excluding hydrogens is 186 g/mol. The lowest BCUT2D eigenvalue weighted by atomic mass is 10.1. The minimum Gasteiger partial charge on any atom is -0.508 e. The van der Waals surface area contributed by atoms with Gasteiger partial charge in [-0.25, -0.2) is 0 Å². The molecule has 0 aromatic heterocycles. The summed E-state index contributed by atoms with van der Waals surface area (Å²) in [5.41, 5.74) is 1.99. The SMILES string of the molecule is C=Nc1cc(O)c(C)cc1C(=C)Cl. The first-order valence-corrected chi connectivity index (χ1v) is 4.09. The summed E-state index contributed by atoms with van der Waals surface area (Å²) in [7, 11) is 0. The molecule has 68 valence electrons. The molecule has 0 unspecified atom stereocenters. The molecule has 0 radical (unpaired) electrons. The summed E-state index contributed by atoms with van der Waals surface area (Å²) in [4.78, 5) is 3.74. The van der Waals surface area contributed by atoms with Crippen molar-refractivity contribution in [2.75, 3.05) is 0 Å². The molecule has 1 aromatic carbocycles. The normalized spacial score (nSPS) is 9.69. The van der Waals surface area contributed by atoms with Gasteiger partial charge in [-0.3, -0.25) is 4.99 Å². The standard InChI is InChI=1S/C10H10ClNO/c1-6-4-8(7(2)11)9(12-3)5-10(6)13/h4-5,13H,2-3H2,1H3. The van der Waals surface area contributed by atoms with Crippen molar-refractivity contribution in [2.45, 2.75) is 6.92 Å². The molecule has 1 aromatic rings. The van der Waals surface area contributed by atoms with Crippen molar-refractivity contribution in [3.63, 3.8) is 0 Å². The van der Waals surface area contributed by atoms with Crippen molar-refractivity contribution in [3.8, 4) is 5.75 Å². The lowest BCUT2D eigenvalue weighted by Crippen LogP contribution is -1.82. The number of phenolic OH excluding ortho intramolecular Hbond substituents is 1. The van der Waals surface area contributed by atoms with Crippen molar-refractivity contribution < 1.29 is 5.11 Å². The minimum atomic E-state index is 0.184. The van der Waals surface area contributed by atoms with Gasteiger partial charge in [-0.2, -0.15) is 0 Å². The van der Waals surface area contributed by atoms with Crippen molar-refractivity contribution >= 4 is 29.0 Å². The number of aromatic hydroxyl groups is 1. The molecule has 0 saturated heterocycles. The number of benzene rings is 1. The van der Waals surface area contributed by atoms with E-state index >= 15 is 0 Å². The second-order valence-corrected chi connectivity index (χ2v) is 3.18. The van der Waals surface area contributed by atoms with Crippen LogP contribution in [0.3, 0.4) is 0 Å². The van der Waals surface area contributed by atoms with E-state index in [-0.39, 0.29) is 5.75 Å². The number of phenols is 1. The lowest BCUT2D eigenvalue weighted by Gasteiger charge is -2.06. The predicted octanol–water partition coefficient (Wildman–Crippen LogP) is 3.24. The van der Waals surface area contributed by atoms with Crippen LogP contribution in [0.25, 0.3) is 5.03 Å². The summed E-state index contributed by atoms with van der Waals surface area (Å²) >= 11 is 5.75. The molecule has 0 atom stereocenters. The summed E-state index contributed by atoms with van der Waals surface area (Å²) in [6.07, 6.45) is 0. The highest BCUT2D eigenvalue weighted by Gasteiger charge is 2.06. The van der Waals surface area contributed by atoms with Crippen molar-refractivity contribution in [3.05, 3.63) is 29.8 Å². The van der Waals surface area contributed by atoms with Gasteiger partial charge in [0.15, 0.2) is 0 Å². The van der Waals surface area contributed by atoms with Gasteiger partial charge >= 0.3 is 0 Å². The van der Waals surface area contributed by atoms with Crippen LogP contribution in [0.5, 0.6) is 5.75 Å². The van der Waals surface area contributed by atoms with Gasteiger partial charge in [0.1, 0.15) is 5.75 Å². The van der Waals surface area contributed by atoms with Crippen molar-refractivity contribution in [2.24, 2.45) is 4.99 Å². The number of aryl methyl sites for hydroxylation is 1. The Balaban J connectivity index is 3.41. The number of hydrogen-bond donors (Lipinski definition) is 1. The Morgan fingerprint density at radius 2 is 2.15 bits per heavy atom. The zero-order valence-corrected chi connectivity index (χ0v) is 8.10. The van der Waals surface area contributed by atoms with Gasteiger partial charge in [0.2, 0.25) is 0 Å². The van der Waals surface area contributed by atoms with Crippen molar-refractivity contribution in [1.29, 1.82) is 0 Å². The highest BCUT2D eigenvalue weighted by Crippen LogP contribution is 2.33. The molecule has 13 heavy (non-hydrogen) atoms. The molecule has 0 saturated carbocycles. The zero-order valence-electron chi connectivity index (χ0n) is 7.34. The first-order chi connectivity index (χ1) is 6.06. The molecule has 0 aliphatic carbocycles. The second-order valence-electron chi connectivity index (χ2n) is 2.72. The van der Waals surface area contributed by atoms with Gasteiger partial charge in [-0.1, -0.05) is 18.2 Å². The van der Waals surface area contributed by atoms with Crippen LogP contribution in [-0.4, -0.2) is 11.8 Å². The van der Waals surface area contributed by atoms with Gasteiger partial charge < -0.3 is 5.11 Å². The van der Waals surface area contributed by atoms with Crippen molar-refractivity contribution in [1.82, 2.24) is 0 Å². The third-order valence-corrected chi connectivity index (χ3v) is 1.98. The van der Waals surface area contributed by atoms with Crippen LogP contribution in [0, 0.1) is 6.92 Å². The average Bonchev–Trinajstić information content (AvgIpc) is 2.08. The number of nitrogens with zero attached hydrogens (tertiary/aromatic N) is 1. The number of rotatable bonds is 2. The van der Waals surface area contributed by atoms with E-state index in [4.69, 9.17) is 11.6 Å². The van der Waals surface area contributed by atoms with E-state index in [2.05, 4.69) is 18.3 Å². The molecular formula is C10H10ClNO. The molecule has 0 spiro atoms. The fourth-order valence-electron chi connectivity index (χ4n) is 1.03. The van der Waals surface area contributed by atoms with Gasteiger partial charge in [0.25, 0.3) is 0 Å². The Kier molecular flexibility index (Phi) is 2.73. The van der Waals surface area contributed by atoms with Gasteiger partial charge in [0.05, 0.1) is 5.69 Å². The van der Waals surface area contributed by atoms with Crippen LogP contribution >= 0.6 is 11.6 Å². The summed E-state index contributed by atoms with van der Waals surface area (Å²) < 4.78 is 0. The Labute approximate surface area is 82.2 Å². The van der Waals surface area contributed by atoms with Crippen LogP contribution < -0.4 is 0 Å². The first-order valence-electron chi connectivity index (χ1n) is 3.71. The molecule has 0 aliphatic heterocycles. The Bertz CT molecular complexity index is 371. The highest BCUT2D eigenvalue weighted by molar-refractivity contribution is 6.48. The summed E-state index contributed by atoms with van der Waals surface area (Å²) in [6, 6.07) is 3.25. The maximum Gasteiger partial charge on any atom is 0.120 e. The third kappa shape index (κ3) is 1.90. The van der Waals surface area contributed by atoms with Crippen LogP contribution in [0.1, 0.15) is 11.1 Å². The van der Waals surface area contributed by atoms with E-state index in [0.29, 0.717) is 16.3 Å². The maximum absolute atomic E-state index is 9.38. The highest BCUT2D eigenvalue weighted by atomic mass is 35.5. The summed E-state index contributed by atoms with van der Waals surface area (Å²) in [5.74, 6) is 0.184. The largest absolute Gasteiger partial charge is 0.508 e. The fraction of sp³-hybridized carbons (Fsp3) is 0.100. The number of halogens is 1. The molecule has 2 nitrogen and oxygen atoms in total. The van der Waals surface area contributed by atoms with Crippen LogP contribution in [0.4, 0.5) is 5.69 Å². The zero-order chi connectivity index (χ0) is 10.0. The Hall–Kier alpha value is -1.28. The topological polar surface area (TPSA) is 32.6 Å². The van der Waals surface area contributed by atoms with Gasteiger partial charge in [-0.15, -0.1) is 0 Å². The molecule has 1 rings (SSSR count). The Morgan fingerprint density at radius 3 is 2.62 bits per heavy atom. The molecule has 3 heteroatoms. The maximum atomic E-state index is 9.38. The molecule has 0 heterocycles. The lowest BCUT2D eigenvalue weighted by molar-refractivity contribution is 0.471. The van der Waals surface area contributed by atoms with E-state index in [0.717, 1.165) is 5.56 Å². The Morgan fingerprint density at radius 1 is 1.54 bits per heavy atom.